The number of rotatable bonds is 6. The maximum atomic E-state index is 12.1. The predicted octanol–water partition coefficient (Wildman–Crippen LogP) is 3.26. The van der Waals surface area contributed by atoms with E-state index in [2.05, 4.69) is 5.32 Å². The fourth-order valence-electron chi connectivity index (χ4n) is 1.86. The number of benzene rings is 1. The summed E-state index contributed by atoms with van der Waals surface area (Å²) in [5.74, 6) is -2.50. The second-order valence-corrected chi connectivity index (χ2v) is 5.37. The molecule has 1 aromatic carbocycles. The Hall–Kier alpha value is -1.55. The molecule has 0 saturated carbocycles. The Morgan fingerprint density at radius 2 is 1.75 bits per heavy atom. The monoisotopic (exact) mass is 297 g/mol. The van der Waals surface area contributed by atoms with Gasteiger partial charge in [0.05, 0.1) is 12.0 Å². The first kappa shape index (κ1) is 16.5. The molecular weight excluding hydrogens is 278 g/mol. The molecule has 4 nitrogen and oxygen atoms in total. The summed E-state index contributed by atoms with van der Waals surface area (Å²) in [6.07, 6.45) is 0.724. The van der Waals surface area contributed by atoms with Gasteiger partial charge in [0.15, 0.2) is 0 Å². The molecule has 3 unspecified atom stereocenters. The van der Waals surface area contributed by atoms with Crippen LogP contribution in [0, 0.1) is 11.8 Å². The van der Waals surface area contributed by atoms with Gasteiger partial charge in [-0.3, -0.25) is 9.59 Å². The Bertz CT molecular complexity index is 473. The summed E-state index contributed by atoms with van der Waals surface area (Å²) in [6.45, 7) is 5.13. The molecule has 1 amide bonds. The van der Waals surface area contributed by atoms with E-state index in [4.69, 9.17) is 16.7 Å². The van der Waals surface area contributed by atoms with E-state index in [9.17, 15) is 9.59 Å². The first-order chi connectivity index (χ1) is 9.36. The number of amides is 1. The number of aliphatic carboxylic acids is 1. The van der Waals surface area contributed by atoms with Crippen LogP contribution in [0.1, 0.15) is 38.8 Å². The molecule has 0 radical (unpaired) electrons. The molecule has 0 aliphatic heterocycles. The van der Waals surface area contributed by atoms with Crippen molar-refractivity contribution < 1.29 is 14.7 Å². The number of carbonyl (C=O) groups is 2. The van der Waals surface area contributed by atoms with Gasteiger partial charge in [-0.2, -0.15) is 0 Å². The zero-order chi connectivity index (χ0) is 15.3. The van der Waals surface area contributed by atoms with Gasteiger partial charge in [0.2, 0.25) is 5.91 Å². The van der Waals surface area contributed by atoms with E-state index in [1.807, 2.05) is 19.1 Å². The van der Waals surface area contributed by atoms with Crippen molar-refractivity contribution in [1.29, 1.82) is 0 Å². The molecule has 110 valence electrons. The summed E-state index contributed by atoms with van der Waals surface area (Å²) in [4.78, 5) is 23.0. The van der Waals surface area contributed by atoms with E-state index in [1.165, 1.54) is 6.92 Å². The quantitative estimate of drug-likeness (QED) is 0.847. The van der Waals surface area contributed by atoms with Crippen LogP contribution in [-0.2, 0) is 9.59 Å². The zero-order valence-corrected chi connectivity index (χ0v) is 12.6. The molecule has 1 rings (SSSR count). The highest BCUT2D eigenvalue weighted by atomic mass is 35.5. The highest BCUT2D eigenvalue weighted by Crippen LogP contribution is 2.21. The molecule has 0 heterocycles. The molecule has 0 saturated heterocycles. The van der Waals surface area contributed by atoms with Gasteiger partial charge in [-0.05, 0) is 24.1 Å². The van der Waals surface area contributed by atoms with Crippen LogP contribution in [0.15, 0.2) is 24.3 Å². The predicted molar refractivity (Wildman–Crippen MR) is 78.6 cm³/mol. The van der Waals surface area contributed by atoms with Crippen molar-refractivity contribution >= 4 is 23.5 Å². The van der Waals surface area contributed by atoms with E-state index in [0.29, 0.717) is 5.02 Å². The maximum Gasteiger partial charge on any atom is 0.307 e. The van der Waals surface area contributed by atoms with Crippen molar-refractivity contribution in [3.05, 3.63) is 34.9 Å². The van der Waals surface area contributed by atoms with E-state index >= 15 is 0 Å². The molecule has 1 aromatic rings. The second kappa shape index (κ2) is 7.29. The van der Waals surface area contributed by atoms with Gasteiger partial charge in [0, 0.05) is 10.9 Å². The second-order valence-electron chi connectivity index (χ2n) is 4.94. The lowest BCUT2D eigenvalue weighted by Crippen LogP contribution is -2.37. The molecular formula is C15H20ClNO3. The van der Waals surface area contributed by atoms with Crippen molar-refractivity contribution in [3.8, 4) is 0 Å². The van der Waals surface area contributed by atoms with Crippen molar-refractivity contribution in [2.45, 2.75) is 33.2 Å². The molecule has 0 aliphatic rings. The van der Waals surface area contributed by atoms with Crippen LogP contribution in [0.25, 0.3) is 0 Å². The standard InChI is InChI=1S/C15H20ClNO3/c1-4-13(11-5-7-12(16)8-6-11)17-14(18)9(2)10(3)15(19)20/h5-10,13H,4H2,1-3H3,(H,17,18)(H,19,20). The van der Waals surface area contributed by atoms with Crippen LogP contribution < -0.4 is 5.32 Å². The minimum atomic E-state index is -0.966. The minimum Gasteiger partial charge on any atom is -0.481 e. The van der Waals surface area contributed by atoms with Crippen LogP contribution in [-0.4, -0.2) is 17.0 Å². The lowest BCUT2D eigenvalue weighted by atomic mass is 9.94. The van der Waals surface area contributed by atoms with Crippen LogP contribution >= 0.6 is 11.6 Å². The summed E-state index contributed by atoms with van der Waals surface area (Å²) in [5.41, 5.74) is 0.959. The Morgan fingerprint density at radius 1 is 1.20 bits per heavy atom. The molecule has 0 bridgehead atoms. The van der Waals surface area contributed by atoms with Crippen LogP contribution in [0.2, 0.25) is 5.02 Å². The summed E-state index contributed by atoms with van der Waals surface area (Å²) in [5, 5.41) is 12.5. The first-order valence-electron chi connectivity index (χ1n) is 6.65. The Kier molecular flexibility index (Phi) is 6.02. The number of nitrogens with one attached hydrogen (secondary N) is 1. The van der Waals surface area contributed by atoms with Gasteiger partial charge in [0.25, 0.3) is 0 Å². The van der Waals surface area contributed by atoms with E-state index in [1.54, 1.807) is 19.1 Å². The molecule has 0 aliphatic carbocycles. The zero-order valence-electron chi connectivity index (χ0n) is 11.9. The topological polar surface area (TPSA) is 66.4 Å². The minimum absolute atomic E-state index is 0.136. The largest absolute Gasteiger partial charge is 0.481 e. The summed E-state index contributed by atoms with van der Waals surface area (Å²) < 4.78 is 0. The number of carboxylic acids is 1. The maximum absolute atomic E-state index is 12.1. The molecule has 0 fully saturated rings. The smallest absolute Gasteiger partial charge is 0.307 e. The molecule has 2 N–H and O–H groups in total. The highest BCUT2D eigenvalue weighted by molar-refractivity contribution is 6.30. The van der Waals surface area contributed by atoms with Gasteiger partial charge in [-0.25, -0.2) is 0 Å². The summed E-state index contributed by atoms with van der Waals surface area (Å²) >= 11 is 5.84. The molecule has 0 aromatic heterocycles. The fourth-order valence-corrected chi connectivity index (χ4v) is 1.99. The van der Waals surface area contributed by atoms with Crippen molar-refractivity contribution in [2.24, 2.45) is 11.8 Å². The molecule has 5 heteroatoms. The van der Waals surface area contributed by atoms with Gasteiger partial charge in [-0.1, -0.05) is 44.5 Å². The van der Waals surface area contributed by atoms with Crippen LogP contribution in [0.4, 0.5) is 0 Å². The van der Waals surface area contributed by atoms with Gasteiger partial charge < -0.3 is 10.4 Å². The Labute approximate surface area is 124 Å². The number of carbonyl (C=O) groups excluding carboxylic acids is 1. The lowest BCUT2D eigenvalue weighted by molar-refractivity contribution is -0.146. The van der Waals surface area contributed by atoms with Crippen LogP contribution in [0.5, 0.6) is 0 Å². The average molecular weight is 298 g/mol. The normalized spacial score (nSPS) is 15.2. The number of carboxylic acid groups (broad SMARTS) is 1. The molecule has 0 spiro atoms. The fraction of sp³-hybridized carbons (Fsp3) is 0.467. The van der Waals surface area contributed by atoms with Crippen molar-refractivity contribution in [2.75, 3.05) is 0 Å². The third kappa shape index (κ3) is 4.23. The molecule has 3 atom stereocenters. The van der Waals surface area contributed by atoms with Gasteiger partial charge >= 0.3 is 5.97 Å². The average Bonchev–Trinajstić information content (AvgIpc) is 2.43. The van der Waals surface area contributed by atoms with E-state index in [-0.39, 0.29) is 11.9 Å². The number of halogens is 1. The third-order valence-corrected chi connectivity index (χ3v) is 3.80. The van der Waals surface area contributed by atoms with Crippen molar-refractivity contribution in [1.82, 2.24) is 5.32 Å². The van der Waals surface area contributed by atoms with Gasteiger partial charge in [0.1, 0.15) is 0 Å². The first-order valence-corrected chi connectivity index (χ1v) is 7.03. The van der Waals surface area contributed by atoms with Crippen LogP contribution in [0.3, 0.4) is 0 Å². The molecule has 20 heavy (non-hydrogen) atoms. The Balaban J connectivity index is 2.75. The Morgan fingerprint density at radius 3 is 2.20 bits per heavy atom. The SMILES string of the molecule is CCC(NC(=O)C(C)C(C)C(=O)O)c1ccc(Cl)cc1. The highest BCUT2D eigenvalue weighted by Gasteiger charge is 2.27. The summed E-state index contributed by atoms with van der Waals surface area (Å²) in [7, 11) is 0. The lowest BCUT2D eigenvalue weighted by Gasteiger charge is -2.22. The van der Waals surface area contributed by atoms with Crippen molar-refractivity contribution in [3.63, 3.8) is 0 Å². The number of hydrogen-bond donors (Lipinski definition) is 2. The van der Waals surface area contributed by atoms with Gasteiger partial charge in [-0.15, -0.1) is 0 Å². The van der Waals surface area contributed by atoms with E-state index < -0.39 is 17.8 Å². The number of hydrogen-bond acceptors (Lipinski definition) is 2. The third-order valence-electron chi connectivity index (χ3n) is 3.55. The summed E-state index contributed by atoms with van der Waals surface area (Å²) in [6, 6.07) is 7.14. The van der Waals surface area contributed by atoms with E-state index in [0.717, 1.165) is 12.0 Å².